The molecule has 2 nitrogen and oxygen atoms in total. The summed E-state index contributed by atoms with van der Waals surface area (Å²) in [7, 11) is 0. The van der Waals surface area contributed by atoms with Crippen molar-refractivity contribution in [3.05, 3.63) is 59.7 Å². The number of nitrogens with zero attached hydrogens (tertiary/aromatic N) is 1. The van der Waals surface area contributed by atoms with E-state index < -0.39 is 0 Å². The minimum Gasteiger partial charge on any atom is -0.371 e. The van der Waals surface area contributed by atoms with Crippen LogP contribution in [0.5, 0.6) is 0 Å². The molecule has 0 radical (unpaired) electrons. The van der Waals surface area contributed by atoms with E-state index in [-0.39, 0.29) is 0 Å². The summed E-state index contributed by atoms with van der Waals surface area (Å²) < 4.78 is 4.43. The minimum atomic E-state index is 0.841. The third kappa shape index (κ3) is 2.22. The van der Waals surface area contributed by atoms with E-state index in [1.165, 1.54) is 28.0 Å². The Morgan fingerprint density at radius 3 is 2.89 bits per heavy atom. The highest BCUT2D eigenvalue weighted by Crippen LogP contribution is 2.27. The first-order valence-corrected chi connectivity index (χ1v) is 6.74. The molecule has 0 aliphatic heterocycles. The lowest BCUT2D eigenvalue weighted by Gasteiger charge is -2.05. The van der Waals surface area contributed by atoms with Crippen molar-refractivity contribution >= 4 is 27.4 Å². The number of rotatable bonds is 3. The summed E-state index contributed by atoms with van der Waals surface area (Å²) in [5.41, 5.74) is 3.66. The van der Waals surface area contributed by atoms with Crippen LogP contribution in [0.1, 0.15) is 11.1 Å². The van der Waals surface area contributed by atoms with Gasteiger partial charge in [0.15, 0.2) is 0 Å². The van der Waals surface area contributed by atoms with Gasteiger partial charge >= 0.3 is 0 Å². The average Bonchev–Trinajstić information content (AvgIpc) is 2.80. The Morgan fingerprint density at radius 2 is 2.00 bits per heavy atom. The fourth-order valence-electron chi connectivity index (χ4n) is 2.02. The Labute approximate surface area is 110 Å². The standard InChI is InChI=1S/C15H14N2S/c1-11-5-4-6-12(9-11)10-16-15-13-7-2-3-8-14(13)17-18-15/h2-9,16H,10H2,1H3. The third-order valence-corrected chi connectivity index (χ3v) is 3.75. The van der Waals surface area contributed by atoms with Gasteiger partial charge in [-0.25, -0.2) is 0 Å². The van der Waals surface area contributed by atoms with Crippen molar-refractivity contribution in [3.8, 4) is 0 Å². The van der Waals surface area contributed by atoms with Gasteiger partial charge in [0, 0.05) is 11.9 Å². The van der Waals surface area contributed by atoms with Crippen molar-refractivity contribution in [3.63, 3.8) is 0 Å². The van der Waals surface area contributed by atoms with Crippen LogP contribution in [0.15, 0.2) is 48.5 Å². The van der Waals surface area contributed by atoms with Crippen LogP contribution in [-0.2, 0) is 6.54 Å². The van der Waals surface area contributed by atoms with E-state index in [0.717, 1.165) is 17.1 Å². The highest BCUT2D eigenvalue weighted by atomic mass is 32.1. The van der Waals surface area contributed by atoms with E-state index in [1.807, 2.05) is 12.1 Å². The lowest BCUT2D eigenvalue weighted by Crippen LogP contribution is -1.97. The summed E-state index contributed by atoms with van der Waals surface area (Å²) in [5, 5.41) is 5.82. The summed E-state index contributed by atoms with van der Waals surface area (Å²) in [6.07, 6.45) is 0. The van der Waals surface area contributed by atoms with Gasteiger partial charge in [0.05, 0.1) is 5.52 Å². The third-order valence-electron chi connectivity index (χ3n) is 2.92. The number of nitrogens with one attached hydrogen (secondary N) is 1. The van der Waals surface area contributed by atoms with Crippen molar-refractivity contribution in [1.82, 2.24) is 4.37 Å². The molecule has 3 aromatic rings. The van der Waals surface area contributed by atoms with Crippen molar-refractivity contribution in [2.75, 3.05) is 5.32 Å². The average molecular weight is 254 g/mol. The molecule has 0 atom stereocenters. The second-order valence-electron chi connectivity index (χ2n) is 4.37. The molecular weight excluding hydrogens is 240 g/mol. The number of aryl methyl sites for hydroxylation is 1. The van der Waals surface area contributed by atoms with Crippen LogP contribution in [0.2, 0.25) is 0 Å². The monoisotopic (exact) mass is 254 g/mol. The molecule has 1 heterocycles. The van der Waals surface area contributed by atoms with E-state index in [1.54, 1.807) is 0 Å². The van der Waals surface area contributed by atoms with Crippen LogP contribution in [0.4, 0.5) is 5.00 Å². The maximum Gasteiger partial charge on any atom is 0.117 e. The Balaban J connectivity index is 1.81. The van der Waals surface area contributed by atoms with Crippen LogP contribution in [0, 0.1) is 6.92 Å². The van der Waals surface area contributed by atoms with Crippen LogP contribution < -0.4 is 5.32 Å². The molecule has 1 aromatic heterocycles. The van der Waals surface area contributed by atoms with Gasteiger partial charge in [0.1, 0.15) is 5.00 Å². The molecule has 1 N–H and O–H groups in total. The fourth-order valence-corrected chi connectivity index (χ4v) is 2.78. The first-order chi connectivity index (χ1) is 8.83. The normalized spacial score (nSPS) is 10.7. The molecule has 0 aliphatic rings. The van der Waals surface area contributed by atoms with Crippen molar-refractivity contribution < 1.29 is 0 Å². The number of benzene rings is 2. The summed E-state index contributed by atoms with van der Waals surface area (Å²) in [6.45, 7) is 2.96. The molecule has 0 saturated heterocycles. The van der Waals surface area contributed by atoms with Crippen LogP contribution >= 0.6 is 11.5 Å². The van der Waals surface area contributed by atoms with E-state index in [0.29, 0.717) is 0 Å². The number of hydrogen-bond donors (Lipinski definition) is 1. The molecule has 2 aromatic carbocycles. The Bertz CT molecular complexity index is 673. The second kappa shape index (κ2) is 4.78. The SMILES string of the molecule is Cc1cccc(CNc2snc3ccccc23)c1. The van der Waals surface area contributed by atoms with E-state index in [2.05, 4.69) is 53.0 Å². The van der Waals surface area contributed by atoms with Gasteiger partial charge in [-0.3, -0.25) is 0 Å². The molecule has 0 fully saturated rings. The molecule has 0 saturated carbocycles. The Hall–Kier alpha value is -1.87. The highest BCUT2D eigenvalue weighted by molar-refractivity contribution is 7.11. The number of aromatic nitrogens is 1. The fraction of sp³-hybridized carbons (Fsp3) is 0.133. The second-order valence-corrected chi connectivity index (χ2v) is 5.14. The minimum absolute atomic E-state index is 0.841. The van der Waals surface area contributed by atoms with Gasteiger partial charge in [0.2, 0.25) is 0 Å². The summed E-state index contributed by atoms with van der Waals surface area (Å²) in [5.74, 6) is 0. The molecule has 90 valence electrons. The van der Waals surface area contributed by atoms with Gasteiger partial charge in [0.25, 0.3) is 0 Å². The highest BCUT2D eigenvalue weighted by Gasteiger charge is 2.04. The molecule has 0 amide bonds. The number of anilines is 1. The smallest absolute Gasteiger partial charge is 0.117 e. The topological polar surface area (TPSA) is 24.9 Å². The zero-order valence-corrected chi connectivity index (χ0v) is 11.0. The molecular formula is C15H14N2S. The predicted octanol–water partition coefficient (Wildman–Crippen LogP) is 4.22. The van der Waals surface area contributed by atoms with Crippen molar-refractivity contribution in [1.29, 1.82) is 0 Å². The maximum absolute atomic E-state index is 4.43. The van der Waals surface area contributed by atoms with Crippen LogP contribution in [-0.4, -0.2) is 4.37 Å². The van der Waals surface area contributed by atoms with Crippen LogP contribution in [0.3, 0.4) is 0 Å². The molecule has 0 bridgehead atoms. The predicted molar refractivity (Wildman–Crippen MR) is 78.1 cm³/mol. The molecule has 3 heteroatoms. The largest absolute Gasteiger partial charge is 0.371 e. The number of fused-ring (bicyclic) bond motifs is 1. The summed E-state index contributed by atoms with van der Waals surface area (Å²) >= 11 is 1.53. The van der Waals surface area contributed by atoms with Gasteiger partial charge in [-0.1, -0.05) is 42.0 Å². The molecule has 18 heavy (non-hydrogen) atoms. The van der Waals surface area contributed by atoms with Crippen molar-refractivity contribution in [2.45, 2.75) is 13.5 Å². The van der Waals surface area contributed by atoms with Gasteiger partial charge < -0.3 is 5.32 Å². The lowest BCUT2D eigenvalue weighted by molar-refractivity contribution is 1.15. The molecule has 3 rings (SSSR count). The Morgan fingerprint density at radius 1 is 1.11 bits per heavy atom. The van der Waals surface area contributed by atoms with Gasteiger partial charge in [-0.2, -0.15) is 4.37 Å². The maximum atomic E-state index is 4.43. The summed E-state index contributed by atoms with van der Waals surface area (Å²) in [4.78, 5) is 0. The zero-order valence-electron chi connectivity index (χ0n) is 10.2. The lowest BCUT2D eigenvalue weighted by atomic mass is 10.1. The quantitative estimate of drug-likeness (QED) is 0.757. The van der Waals surface area contributed by atoms with Gasteiger partial charge in [-0.05, 0) is 36.2 Å². The Kier molecular flexibility index (Phi) is 2.99. The van der Waals surface area contributed by atoms with E-state index in [4.69, 9.17) is 0 Å². The molecule has 0 spiro atoms. The van der Waals surface area contributed by atoms with E-state index >= 15 is 0 Å². The first-order valence-electron chi connectivity index (χ1n) is 5.97. The van der Waals surface area contributed by atoms with Crippen LogP contribution in [0.25, 0.3) is 10.9 Å². The first kappa shape index (κ1) is 11.2. The number of hydrogen-bond acceptors (Lipinski definition) is 3. The molecule has 0 aliphatic carbocycles. The van der Waals surface area contributed by atoms with E-state index in [9.17, 15) is 0 Å². The molecule has 0 unspecified atom stereocenters. The van der Waals surface area contributed by atoms with Gasteiger partial charge in [-0.15, -0.1) is 0 Å². The zero-order chi connectivity index (χ0) is 12.4. The summed E-state index contributed by atoms with van der Waals surface area (Å²) in [6, 6.07) is 16.8. The van der Waals surface area contributed by atoms with Crippen molar-refractivity contribution in [2.24, 2.45) is 0 Å².